The van der Waals surface area contributed by atoms with Gasteiger partial charge in [-0.15, -0.1) is 11.3 Å². The lowest BCUT2D eigenvalue weighted by atomic mass is 10.0. The Hall–Kier alpha value is -1.72. The number of rotatable bonds is 6. The number of nitrogens with zero attached hydrogens (tertiary/aromatic N) is 1. The van der Waals surface area contributed by atoms with Gasteiger partial charge in [0.15, 0.2) is 0 Å². The smallest absolute Gasteiger partial charge is 0.237 e. The molecule has 0 fully saturated rings. The number of carbonyl (C=O) groups is 1. The molecule has 2 atom stereocenters. The van der Waals surface area contributed by atoms with Gasteiger partial charge < -0.3 is 11.1 Å². The zero-order chi connectivity index (χ0) is 17.9. The molecule has 1 aromatic heterocycles. The molecule has 2 rings (SSSR count). The summed E-state index contributed by atoms with van der Waals surface area (Å²) in [4.78, 5) is 18.0. The lowest BCUT2D eigenvalue weighted by molar-refractivity contribution is -0.123. The number of nitrogens with two attached hydrogens (primary N) is 1. The van der Waals surface area contributed by atoms with Gasteiger partial charge in [0.2, 0.25) is 5.91 Å². The van der Waals surface area contributed by atoms with Crippen LogP contribution < -0.4 is 11.1 Å². The predicted octanol–water partition coefficient (Wildman–Crippen LogP) is 3.98. The van der Waals surface area contributed by atoms with E-state index in [1.165, 1.54) is 5.56 Å². The number of amides is 1. The lowest BCUT2D eigenvalue weighted by Gasteiger charge is -2.18. The lowest BCUT2D eigenvalue weighted by Crippen LogP contribution is -2.42. The van der Waals surface area contributed by atoms with Crippen molar-refractivity contribution in [3.63, 3.8) is 0 Å². The molecule has 2 aromatic rings. The summed E-state index contributed by atoms with van der Waals surface area (Å²) < 4.78 is 0. The molecule has 0 bridgehead atoms. The van der Waals surface area contributed by atoms with E-state index in [4.69, 9.17) is 5.73 Å². The molecule has 1 amide bonds. The van der Waals surface area contributed by atoms with E-state index in [9.17, 15) is 4.79 Å². The molecule has 0 saturated carbocycles. The summed E-state index contributed by atoms with van der Waals surface area (Å²) in [6.45, 7) is 10.2. The van der Waals surface area contributed by atoms with Crippen LogP contribution in [0.15, 0.2) is 24.3 Å². The Labute approximate surface area is 148 Å². The Morgan fingerprint density at radius 2 is 1.83 bits per heavy atom. The molecular formula is C19H27N3OS. The van der Waals surface area contributed by atoms with Gasteiger partial charge in [-0.2, -0.15) is 0 Å². The molecule has 24 heavy (non-hydrogen) atoms. The molecule has 1 aromatic carbocycles. The van der Waals surface area contributed by atoms with Crippen LogP contribution in [0.2, 0.25) is 0 Å². The molecule has 0 radical (unpaired) electrons. The number of aromatic nitrogens is 1. The van der Waals surface area contributed by atoms with Crippen molar-refractivity contribution in [2.45, 2.75) is 53.1 Å². The SMILES string of the molecule is Cc1ccc(-c2nc(C)c(C(C)NC(=O)[C@@H](N)CC(C)C)s2)cc1. The Morgan fingerprint density at radius 1 is 1.21 bits per heavy atom. The number of hydrogen-bond donors (Lipinski definition) is 2. The van der Waals surface area contributed by atoms with Gasteiger partial charge in [0, 0.05) is 5.56 Å². The zero-order valence-corrected chi connectivity index (χ0v) is 15.9. The number of hydrogen-bond acceptors (Lipinski definition) is 4. The van der Waals surface area contributed by atoms with Crippen molar-refractivity contribution in [3.8, 4) is 10.6 Å². The van der Waals surface area contributed by atoms with Gasteiger partial charge in [-0.1, -0.05) is 43.7 Å². The van der Waals surface area contributed by atoms with E-state index < -0.39 is 6.04 Å². The maximum Gasteiger partial charge on any atom is 0.237 e. The van der Waals surface area contributed by atoms with Crippen LogP contribution in [-0.2, 0) is 4.79 Å². The molecule has 0 aliphatic carbocycles. The van der Waals surface area contributed by atoms with Crippen molar-refractivity contribution in [3.05, 3.63) is 40.4 Å². The second-order valence-electron chi connectivity index (χ2n) is 6.80. The quantitative estimate of drug-likeness (QED) is 0.832. The number of aryl methyl sites for hydroxylation is 2. The fourth-order valence-corrected chi connectivity index (χ4v) is 3.70. The van der Waals surface area contributed by atoms with E-state index in [1.54, 1.807) is 11.3 Å². The second kappa shape index (κ2) is 7.90. The van der Waals surface area contributed by atoms with Crippen LogP contribution in [0, 0.1) is 19.8 Å². The van der Waals surface area contributed by atoms with Crippen molar-refractivity contribution in [2.75, 3.05) is 0 Å². The first-order valence-corrected chi connectivity index (χ1v) is 9.20. The fourth-order valence-electron chi connectivity index (χ4n) is 2.63. The van der Waals surface area contributed by atoms with Gasteiger partial charge in [0.25, 0.3) is 0 Å². The maximum absolute atomic E-state index is 12.2. The zero-order valence-electron chi connectivity index (χ0n) is 15.1. The minimum atomic E-state index is -0.461. The summed E-state index contributed by atoms with van der Waals surface area (Å²) in [5, 5.41) is 4.00. The van der Waals surface area contributed by atoms with Gasteiger partial charge >= 0.3 is 0 Å². The first-order valence-electron chi connectivity index (χ1n) is 8.38. The maximum atomic E-state index is 12.2. The first-order chi connectivity index (χ1) is 11.3. The van der Waals surface area contributed by atoms with Crippen LogP contribution in [0.3, 0.4) is 0 Å². The number of carbonyl (C=O) groups excluding carboxylic acids is 1. The van der Waals surface area contributed by atoms with Gasteiger partial charge in [-0.3, -0.25) is 4.79 Å². The molecule has 0 saturated heterocycles. The Bertz CT molecular complexity index is 691. The molecule has 0 aliphatic heterocycles. The highest BCUT2D eigenvalue weighted by atomic mass is 32.1. The molecule has 4 nitrogen and oxygen atoms in total. The van der Waals surface area contributed by atoms with Crippen molar-refractivity contribution in [1.82, 2.24) is 10.3 Å². The van der Waals surface area contributed by atoms with E-state index in [-0.39, 0.29) is 11.9 Å². The van der Waals surface area contributed by atoms with Gasteiger partial charge in [-0.25, -0.2) is 4.98 Å². The summed E-state index contributed by atoms with van der Waals surface area (Å²) in [5.41, 5.74) is 9.26. The van der Waals surface area contributed by atoms with E-state index in [0.29, 0.717) is 12.3 Å². The predicted molar refractivity (Wildman–Crippen MR) is 101 cm³/mol. The van der Waals surface area contributed by atoms with Crippen molar-refractivity contribution in [2.24, 2.45) is 11.7 Å². The standard InChI is InChI=1S/C19H27N3OS/c1-11(2)10-16(20)18(23)21-13(4)17-14(5)22-19(24-17)15-8-6-12(3)7-9-15/h6-9,11,13,16H,10,20H2,1-5H3,(H,21,23)/t13?,16-/m0/s1. The second-order valence-corrected chi connectivity index (χ2v) is 7.83. The van der Waals surface area contributed by atoms with E-state index in [2.05, 4.69) is 55.3 Å². The van der Waals surface area contributed by atoms with Crippen LogP contribution in [-0.4, -0.2) is 16.9 Å². The van der Waals surface area contributed by atoms with Crippen molar-refractivity contribution >= 4 is 17.2 Å². The number of thiazole rings is 1. The van der Waals surface area contributed by atoms with Crippen LogP contribution in [0.5, 0.6) is 0 Å². The van der Waals surface area contributed by atoms with Crippen LogP contribution in [0.1, 0.15) is 49.4 Å². The summed E-state index contributed by atoms with van der Waals surface area (Å²) in [7, 11) is 0. The van der Waals surface area contributed by atoms with Crippen molar-refractivity contribution in [1.29, 1.82) is 0 Å². The minimum Gasteiger partial charge on any atom is -0.347 e. The Balaban J connectivity index is 2.11. The van der Waals surface area contributed by atoms with Crippen molar-refractivity contribution < 1.29 is 4.79 Å². The average molecular weight is 346 g/mol. The average Bonchev–Trinajstić information content (AvgIpc) is 2.89. The third-order valence-corrected chi connectivity index (χ3v) is 5.33. The van der Waals surface area contributed by atoms with Crippen LogP contribution >= 0.6 is 11.3 Å². The Morgan fingerprint density at radius 3 is 2.42 bits per heavy atom. The highest BCUT2D eigenvalue weighted by molar-refractivity contribution is 7.15. The largest absolute Gasteiger partial charge is 0.347 e. The molecule has 1 unspecified atom stereocenters. The molecular weight excluding hydrogens is 318 g/mol. The van der Waals surface area contributed by atoms with Crippen LogP contribution in [0.4, 0.5) is 0 Å². The Kier molecular flexibility index (Phi) is 6.13. The summed E-state index contributed by atoms with van der Waals surface area (Å²) in [6.07, 6.45) is 0.689. The monoisotopic (exact) mass is 345 g/mol. The normalized spacial score (nSPS) is 13.8. The van der Waals surface area contributed by atoms with Gasteiger partial charge in [-0.05, 0) is 33.1 Å². The highest BCUT2D eigenvalue weighted by Gasteiger charge is 2.21. The van der Waals surface area contributed by atoms with Gasteiger partial charge in [0.05, 0.1) is 22.7 Å². The number of benzene rings is 1. The number of nitrogens with one attached hydrogen (secondary N) is 1. The minimum absolute atomic E-state index is 0.0904. The fraction of sp³-hybridized carbons (Fsp3) is 0.474. The van der Waals surface area contributed by atoms with E-state index in [1.807, 2.05) is 13.8 Å². The van der Waals surface area contributed by atoms with E-state index >= 15 is 0 Å². The molecule has 5 heteroatoms. The summed E-state index contributed by atoms with van der Waals surface area (Å²) >= 11 is 1.63. The first kappa shape index (κ1) is 18.6. The molecule has 3 N–H and O–H groups in total. The summed E-state index contributed by atoms with van der Waals surface area (Å²) in [5.74, 6) is 0.306. The molecule has 0 spiro atoms. The molecule has 130 valence electrons. The topological polar surface area (TPSA) is 68.0 Å². The third-order valence-electron chi connectivity index (χ3n) is 3.95. The van der Waals surface area contributed by atoms with Gasteiger partial charge in [0.1, 0.15) is 5.01 Å². The van der Waals surface area contributed by atoms with E-state index in [0.717, 1.165) is 21.1 Å². The third kappa shape index (κ3) is 4.65. The van der Waals surface area contributed by atoms with Crippen LogP contribution in [0.25, 0.3) is 10.6 Å². The molecule has 0 aliphatic rings. The highest BCUT2D eigenvalue weighted by Crippen LogP contribution is 2.31. The summed E-state index contributed by atoms with van der Waals surface area (Å²) in [6, 6.07) is 7.78. The molecule has 1 heterocycles.